The van der Waals surface area contributed by atoms with Crippen LogP contribution in [0, 0.1) is 5.41 Å². The highest BCUT2D eigenvalue weighted by atomic mass is 16.5. The van der Waals surface area contributed by atoms with Gasteiger partial charge in [-0.3, -0.25) is 0 Å². The van der Waals surface area contributed by atoms with E-state index in [0.29, 0.717) is 0 Å². The van der Waals surface area contributed by atoms with Crippen molar-refractivity contribution in [1.29, 1.82) is 0 Å². The Hall–Kier alpha value is -2.62. The molecule has 0 aromatic heterocycles. The van der Waals surface area contributed by atoms with Crippen molar-refractivity contribution in [2.45, 2.75) is 62.8 Å². The van der Waals surface area contributed by atoms with Crippen LogP contribution in [0.1, 0.15) is 60.0 Å². The zero-order valence-corrected chi connectivity index (χ0v) is 16.4. The van der Waals surface area contributed by atoms with Gasteiger partial charge in [-0.1, -0.05) is 61.4 Å². The molecule has 4 atom stereocenters. The Morgan fingerprint density at radius 2 is 1.17 bits per heavy atom. The largest absolute Gasteiger partial charge is 0.474 e. The van der Waals surface area contributed by atoms with Crippen LogP contribution < -0.4 is 0 Å². The Morgan fingerprint density at radius 1 is 0.690 bits per heavy atom. The number of fused-ring (bicyclic) bond motifs is 6. The Kier molecular flexibility index (Phi) is 3.19. The van der Waals surface area contributed by atoms with Gasteiger partial charge in [0.1, 0.15) is 29.7 Å². The zero-order valence-electron chi connectivity index (χ0n) is 16.4. The molecule has 0 N–H and O–H groups in total. The molecule has 1 fully saturated rings. The Labute approximate surface area is 170 Å². The summed E-state index contributed by atoms with van der Waals surface area (Å²) in [5.41, 5.74) is 5.18. The lowest BCUT2D eigenvalue weighted by molar-refractivity contribution is 0.164. The topological polar surface area (TPSA) is 43.2 Å². The van der Waals surface area contributed by atoms with Gasteiger partial charge in [-0.25, -0.2) is 9.98 Å². The summed E-state index contributed by atoms with van der Waals surface area (Å²) >= 11 is 0. The van der Waals surface area contributed by atoms with E-state index in [9.17, 15) is 0 Å². The van der Waals surface area contributed by atoms with Crippen molar-refractivity contribution in [3.8, 4) is 0 Å². The summed E-state index contributed by atoms with van der Waals surface area (Å²) in [7, 11) is 0. The molecule has 5 aliphatic rings. The molecular formula is C25H24N2O2. The normalized spacial score (nSPS) is 32.6. The molecule has 2 heterocycles. The summed E-state index contributed by atoms with van der Waals surface area (Å²) in [4.78, 5) is 10.3. The number of hydrogen-bond acceptors (Lipinski definition) is 4. The van der Waals surface area contributed by atoms with E-state index < -0.39 is 0 Å². The summed E-state index contributed by atoms with van der Waals surface area (Å²) in [5, 5.41) is 0. The molecule has 4 nitrogen and oxygen atoms in total. The predicted octanol–water partition coefficient (Wildman–Crippen LogP) is 4.74. The number of benzene rings is 2. The van der Waals surface area contributed by atoms with Crippen molar-refractivity contribution < 1.29 is 9.47 Å². The van der Waals surface area contributed by atoms with Crippen LogP contribution in [0.2, 0.25) is 0 Å². The Balaban J connectivity index is 1.27. The monoisotopic (exact) mass is 384 g/mol. The molecule has 0 radical (unpaired) electrons. The molecular weight excluding hydrogens is 360 g/mol. The average molecular weight is 384 g/mol. The second-order valence-corrected chi connectivity index (χ2v) is 9.17. The van der Waals surface area contributed by atoms with Crippen LogP contribution in [0.15, 0.2) is 58.5 Å². The molecule has 0 unspecified atom stereocenters. The molecule has 1 saturated carbocycles. The third kappa shape index (κ3) is 2.15. The third-order valence-electron chi connectivity index (χ3n) is 7.61. The van der Waals surface area contributed by atoms with E-state index in [1.54, 1.807) is 0 Å². The first-order valence-corrected chi connectivity index (χ1v) is 11.0. The predicted molar refractivity (Wildman–Crippen MR) is 111 cm³/mol. The second-order valence-electron chi connectivity index (χ2n) is 9.17. The Morgan fingerprint density at radius 3 is 1.69 bits per heavy atom. The number of rotatable bonds is 2. The van der Waals surface area contributed by atoms with Crippen LogP contribution >= 0.6 is 0 Å². The van der Waals surface area contributed by atoms with Crippen LogP contribution in [-0.2, 0) is 22.3 Å². The SMILES string of the molecule is c1ccc2c(c1)C[C@H]1OC(C3(C4=N[C@H]5c6ccccc6C[C@H]5O4)CCCC3)=N[C@@H]21. The fraction of sp³-hybridized carbons (Fsp3) is 0.440. The molecule has 0 spiro atoms. The highest BCUT2D eigenvalue weighted by Crippen LogP contribution is 2.52. The fourth-order valence-electron chi connectivity index (χ4n) is 6.16. The van der Waals surface area contributed by atoms with E-state index in [1.165, 1.54) is 35.1 Å². The maximum atomic E-state index is 6.55. The van der Waals surface area contributed by atoms with Crippen LogP contribution in [0.3, 0.4) is 0 Å². The molecule has 3 aliphatic carbocycles. The minimum Gasteiger partial charge on any atom is -0.474 e. The van der Waals surface area contributed by atoms with E-state index in [2.05, 4.69) is 48.5 Å². The first kappa shape index (κ1) is 16.2. The lowest BCUT2D eigenvalue weighted by atomic mass is 9.85. The summed E-state index contributed by atoms with van der Waals surface area (Å²) < 4.78 is 13.1. The molecule has 2 aromatic rings. The summed E-state index contributed by atoms with van der Waals surface area (Å²) in [6.07, 6.45) is 6.63. The summed E-state index contributed by atoms with van der Waals surface area (Å²) in [6, 6.07) is 17.6. The van der Waals surface area contributed by atoms with Gasteiger partial charge >= 0.3 is 0 Å². The molecule has 0 bridgehead atoms. The van der Waals surface area contributed by atoms with Gasteiger partial charge in [0, 0.05) is 12.8 Å². The van der Waals surface area contributed by atoms with Crippen molar-refractivity contribution in [2.75, 3.05) is 0 Å². The number of nitrogens with zero attached hydrogens (tertiary/aromatic N) is 2. The Bertz CT molecular complexity index is 986. The van der Waals surface area contributed by atoms with Crippen LogP contribution in [0.4, 0.5) is 0 Å². The van der Waals surface area contributed by atoms with Crippen molar-refractivity contribution in [3.05, 3.63) is 70.8 Å². The van der Waals surface area contributed by atoms with Gasteiger partial charge in [-0.05, 0) is 35.1 Å². The van der Waals surface area contributed by atoms with Gasteiger partial charge in [0.2, 0.25) is 0 Å². The van der Waals surface area contributed by atoms with Crippen LogP contribution in [0.25, 0.3) is 0 Å². The molecule has 2 aliphatic heterocycles. The van der Waals surface area contributed by atoms with E-state index in [-0.39, 0.29) is 29.7 Å². The molecule has 0 saturated heterocycles. The van der Waals surface area contributed by atoms with Gasteiger partial charge in [-0.15, -0.1) is 0 Å². The molecule has 146 valence electrons. The number of aliphatic imine (C=N–C) groups is 2. The van der Waals surface area contributed by atoms with Gasteiger partial charge in [0.15, 0.2) is 11.8 Å². The summed E-state index contributed by atoms with van der Waals surface area (Å²) in [5.74, 6) is 1.79. The van der Waals surface area contributed by atoms with Crippen LogP contribution in [-0.4, -0.2) is 24.0 Å². The molecule has 2 aromatic carbocycles. The van der Waals surface area contributed by atoms with E-state index in [4.69, 9.17) is 19.5 Å². The maximum absolute atomic E-state index is 6.55. The minimum absolute atomic E-state index is 0.140. The van der Waals surface area contributed by atoms with Gasteiger partial charge < -0.3 is 9.47 Å². The quantitative estimate of drug-likeness (QED) is 0.751. The van der Waals surface area contributed by atoms with E-state index >= 15 is 0 Å². The second kappa shape index (κ2) is 5.71. The summed E-state index contributed by atoms with van der Waals surface area (Å²) in [6.45, 7) is 0. The number of ether oxygens (including phenoxy) is 2. The molecule has 7 rings (SSSR count). The van der Waals surface area contributed by atoms with Crippen LogP contribution in [0.5, 0.6) is 0 Å². The standard InChI is InChI=1S/C25H24N2O2/c1-3-9-17-15(7-1)13-19-21(17)26-23(28-19)25(11-5-6-12-25)24-27-22-18-10-4-2-8-16(18)14-20(22)29-24/h1-4,7-10,19-22H,5-6,11-14H2/t19-,20-,21+,22+/m1/s1. The van der Waals surface area contributed by atoms with Crippen molar-refractivity contribution in [1.82, 2.24) is 0 Å². The minimum atomic E-state index is -0.251. The molecule has 0 amide bonds. The van der Waals surface area contributed by atoms with Gasteiger partial charge in [0.25, 0.3) is 0 Å². The highest BCUT2D eigenvalue weighted by Gasteiger charge is 2.55. The van der Waals surface area contributed by atoms with Crippen molar-refractivity contribution in [3.63, 3.8) is 0 Å². The first-order valence-electron chi connectivity index (χ1n) is 11.0. The van der Waals surface area contributed by atoms with E-state index in [0.717, 1.165) is 37.5 Å². The zero-order chi connectivity index (χ0) is 19.0. The fourth-order valence-corrected chi connectivity index (χ4v) is 6.16. The van der Waals surface area contributed by atoms with E-state index in [1.807, 2.05) is 0 Å². The molecule has 4 heteroatoms. The van der Waals surface area contributed by atoms with Gasteiger partial charge in [0.05, 0.1) is 0 Å². The number of hydrogen-bond donors (Lipinski definition) is 0. The average Bonchev–Trinajstić information content (AvgIpc) is 3.51. The molecule has 29 heavy (non-hydrogen) atoms. The lowest BCUT2D eigenvalue weighted by Gasteiger charge is -2.29. The first-order chi connectivity index (χ1) is 14.3. The van der Waals surface area contributed by atoms with Crippen molar-refractivity contribution >= 4 is 11.8 Å². The lowest BCUT2D eigenvalue weighted by Crippen LogP contribution is -2.39. The smallest absolute Gasteiger partial charge is 0.200 e. The maximum Gasteiger partial charge on any atom is 0.200 e. The van der Waals surface area contributed by atoms with Gasteiger partial charge in [-0.2, -0.15) is 0 Å². The highest BCUT2D eigenvalue weighted by molar-refractivity contribution is 6.07. The van der Waals surface area contributed by atoms with Crippen molar-refractivity contribution in [2.24, 2.45) is 15.4 Å². The third-order valence-corrected chi connectivity index (χ3v) is 7.61.